The van der Waals surface area contributed by atoms with Gasteiger partial charge >= 0.3 is 0 Å². The number of pyridine rings is 1. The fourth-order valence-electron chi connectivity index (χ4n) is 3.24. The van der Waals surface area contributed by atoms with Crippen LogP contribution in [-0.4, -0.2) is 44.2 Å². The summed E-state index contributed by atoms with van der Waals surface area (Å²) in [4.78, 5) is 23.2. The number of carbonyl (C=O) groups excluding carboxylic acids is 1. The molecule has 0 saturated carbocycles. The van der Waals surface area contributed by atoms with Crippen molar-refractivity contribution in [2.45, 2.75) is 13.0 Å². The zero-order chi connectivity index (χ0) is 22.7. The average molecular weight is 472 g/mol. The van der Waals surface area contributed by atoms with E-state index >= 15 is 0 Å². The lowest BCUT2D eigenvalue weighted by molar-refractivity contribution is 0.0985. The molecule has 10 heteroatoms. The van der Waals surface area contributed by atoms with Crippen LogP contribution in [0.3, 0.4) is 0 Å². The van der Waals surface area contributed by atoms with Crippen molar-refractivity contribution in [2.24, 2.45) is 5.92 Å². The van der Waals surface area contributed by atoms with E-state index in [4.69, 9.17) is 28.6 Å². The molecule has 0 fully saturated rings. The van der Waals surface area contributed by atoms with Gasteiger partial charge < -0.3 is 9.64 Å². The smallest absolute Gasteiger partial charge is 0.217 e. The van der Waals surface area contributed by atoms with E-state index in [1.165, 1.54) is 23.3 Å². The number of halogens is 2. The number of fused-ring (bicyclic) bond motifs is 1. The standard InChI is InChI=1S/C22H19ClFN5O2S/c1-28-21-19(9-16(23)10-25-21)31-12-15(22(28)32)6-4-8-18(30)20-26-13-29(27-20)11-14-5-2-3-7-17(14)24/h2-7,9-10,13,15H,8,11-12H2,1H3/b6-4+/t15-/m0/s1. The lowest BCUT2D eigenvalue weighted by atomic mass is 10.1. The van der Waals surface area contributed by atoms with Crippen molar-refractivity contribution < 1.29 is 13.9 Å². The van der Waals surface area contributed by atoms with Crippen LogP contribution in [0, 0.1) is 11.7 Å². The summed E-state index contributed by atoms with van der Waals surface area (Å²) in [5.74, 6) is 0.426. The highest BCUT2D eigenvalue weighted by molar-refractivity contribution is 7.80. The number of aromatic nitrogens is 4. The van der Waals surface area contributed by atoms with Gasteiger partial charge in [-0.25, -0.2) is 19.0 Å². The molecule has 1 atom stereocenters. The number of rotatable bonds is 6. The molecule has 0 aliphatic carbocycles. The molecule has 0 bridgehead atoms. The average Bonchev–Trinajstić information content (AvgIpc) is 3.21. The molecule has 0 spiro atoms. The summed E-state index contributed by atoms with van der Waals surface area (Å²) in [6, 6.07) is 8.11. The fraction of sp³-hybridized carbons (Fsp3) is 0.227. The first-order valence-corrected chi connectivity index (χ1v) is 10.6. The normalized spacial score (nSPS) is 16.0. The summed E-state index contributed by atoms with van der Waals surface area (Å²) in [6.45, 7) is 0.500. The fourth-order valence-corrected chi connectivity index (χ4v) is 3.62. The Morgan fingerprint density at radius 2 is 2.19 bits per heavy atom. The van der Waals surface area contributed by atoms with Crippen LogP contribution in [-0.2, 0) is 6.54 Å². The van der Waals surface area contributed by atoms with E-state index in [-0.39, 0.29) is 36.3 Å². The van der Waals surface area contributed by atoms with Crippen LogP contribution in [0.5, 0.6) is 5.75 Å². The van der Waals surface area contributed by atoms with E-state index in [1.807, 2.05) is 13.1 Å². The zero-order valence-electron chi connectivity index (χ0n) is 17.1. The SMILES string of the molecule is CN1C(=S)[C@@H](/C=C/CC(=O)c2ncn(Cc3ccccc3F)n2)COc2cc(Cl)cnc21. The maximum atomic E-state index is 13.8. The van der Waals surface area contributed by atoms with Crippen molar-refractivity contribution in [1.29, 1.82) is 0 Å². The van der Waals surface area contributed by atoms with Crippen LogP contribution in [0.2, 0.25) is 5.02 Å². The molecule has 1 aliphatic heterocycles. The molecule has 3 heterocycles. The number of Topliss-reactive ketones (excluding diaryl/α,β-unsaturated/α-hetero) is 1. The molecule has 3 aromatic rings. The Balaban J connectivity index is 1.38. The van der Waals surface area contributed by atoms with Gasteiger partial charge in [0.2, 0.25) is 11.6 Å². The monoisotopic (exact) mass is 471 g/mol. The summed E-state index contributed by atoms with van der Waals surface area (Å²) < 4.78 is 21.1. The molecule has 1 aliphatic rings. The number of ketones is 1. The second-order valence-electron chi connectivity index (χ2n) is 7.20. The molecule has 0 N–H and O–H groups in total. The number of nitrogens with zero attached hydrogens (tertiary/aromatic N) is 5. The van der Waals surface area contributed by atoms with E-state index < -0.39 is 0 Å². The highest BCUT2D eigenvalue weighted by Crippen LogP contribution is 2.32. The van der Waals surface area contributed by atoms with Crippen LogP contribution in [0.4, 0.5) is 10.2 Å². The van der Waals surface area contributed by atoms with Gasteiger partial charge in [0.25, 0.3) is 0 Å². The maximum absolute atomic E-state index is 13.8. The number of hydrogen-bond donors (Lipinski definition) is 0. The lowest BCUT2D eigenvalue weighted by Crippen LogP contribution is -2.31. The number of benzene rings is 1. The minimum Gasteiger partial charge on any atom is -0.489 e. The third-order valence-corrected chi connectivity index (χ3v) is 5.71. The minimum absolute atomic E-state index is 0.0778. The molecule has 7 nitrogen and oxygen atoms in total. The van der Waals surface area contributed by atoms with Crippen LogP contribution in [0.1, 0.15) is 22.6 Å². The van der Waals surface area contributed by atoms with Crippen molar-refractivity contribution >= 4 is 40.4 Å². The molecule has 0 radical (unpaired) electrons. The van der Waals surface area contributed by atoms with Gasteiger partial charge in [-0.2, -0.15) is 0 Å². The number of ether oxygens (including phenoxy) is 1. The Kier molecular flexibility index (Phi) is 6.57. The van der Waals surface area contributed by atoms with Gasteiger partial charge in [-0.15, -0.1) is 5.10 Å². The second kappa shape index (κ2) is 9.54. The minimum atomic E-state index is -0.329. The van der Waals surface area contributed by atoms with E-state index in [0.717, 1.165) is 0 Å². The summed E-state index contributed by atoms with van der Waals surface area (Å²) in [6.07, 6.45) is 6.62. The molecule has 4 rings (SSSR count). The zero-order valence-corrected chi connectivity index (χ0v) is 18.7. The van der Waals surface area contributed by atoms with E-state index in [1.54, 1.807) is 35.2 Å². The Bertz CT molecular complexity index is 1200. The van der Waals surface area contributed by atoms with Crippen molar-refractivity contribution in [1.82, 2.24) is 19.7 Å². The molecule has 2 aromatic heterocycles. The molecule has 0 saturated heterocycles. The summed E-state index contributed by atoms with van der Waals surface area (Å²) >= 11 is 11.6. The highest BCUT2D eigenvalue weighted by Gasteiger charge is 2.25. The number of hydrogen-bond acceptors (Lipinski definition) is 6. The molecule has 0 unspecified atom stereocenters. The van der Waals surface area contributed by atoms with Gasteiger partial charge in [0.05, 0.1) is 22.5 Å². The molecule has 32 heavy (non-hydrogen) atoms. The van der Waals surface area contributed by atoms with Crippen molar-refractivity contribution in [2.75, 3.05) is 18.6 Å². The Morgan fingerprint density at radius 1 is 1.38 bits per heavy atom. The van der Waals surface area contributed by atoms with Gasteiger partial charge in [0, 0.05) is 31.3 Å². The van der Waals surface area contributed by atoms with Crippen LogP contribution < -0.4 is 9.64 Å². The predicted molar refractivity (Wildman–Crippen MR) is 123 cm³/mol. The van der Waals surface area contributed by atoms with Crippen molar-refractivity contribution in [3.8, 4) is 5.75 Å². The molecular weight excluding hydrogens is 453 g/mol. The van der Waals surface area contributed by atoms with Crippen molar-refractivity contribution in [3.05, 3.63) is 77.2 Å². The molecule has 164 valence electrons. The third kappa shape index (κ3) is 4.84. The van der Waals surface area contributed by atoms with Crippen LogP contribution in [0.15, 0.2) is 55.0 Å². The van der Waals surface area contributed by atoms with Gasteiger partial charge in [0.15, 0.2) is 11.6 Å². The second-order valence-corrected chi connectivity index (χ2v) is 8.06. The summed E-state index contributed by atoms with van der Waals surface area (Å²) in [7, 11) is 1.81. The van der Waals surface area contributed by atoms with Crippen LogP contribution in [0.25, 0.3) is 0 Å². The first-order chi connectivity index (χ1) is 15.4. The summed E-state index contributed by atoms with van der Waals surface area (Å²) in [5, 5.41) is 4.64. The predicted octanol–water partition coefficient (Wildman–Crippen LogP) is 4.12. The molecule has 1 aromatic carbocycles. The molecular formula is C22H19ClFN5O2S. The summed E-state index contributed by atoms with van der Waals surface area (Å²) in [5.41, 5.74) is 0.471. The van der Waals surface area contributed by atoms with Gasteiger partial charge in [-0.05, 0) is 6.07 Å². The van der Waals surface area contributed by atoms with Crippen molar-refractivity contribution in [3.63, 3.8) is 0 Å². The largest absolute Gasteiger partial charge is 0.489 e. The highest BCUT2D eigenvalue weighted by atomic mass is 35.5. The molecule has 0 amide bonds. The van der Waals surface area contributed by atoms with E-state index in [2.05, 4.69) is 15.1 Å². The van der Waals surface area contributed by atoms with E-state index in [0.29, 0.717) is 33.7 Å². The third-order valence-electron chi connectivity index (χ3n) is 4.93. The van der Waals surface area contributed by atoms with Gasteiger partial charge in [0.1, 0.15) is 18.8 Å². The first-order valence-electron chi connectivity index (χ1n) is 9.81. The maximum Gasteiger partial charge on any atom is 0.217 e. The number of anilines is 1. The topological polar surface area (TPSA) is 73.1 Å². The number of allylic oxidation sites excluding steroid dienone is 1. The van der Waals surface area contributed by atoms with E-state index in [9.17, 15) is 9.18 Å². The lowest BCUT2D eigenvalue weighted by Gasteiger charge is -2.19. The van der Waals surface area contributed by atoms with Crippen LogP contribution >= 0.6 is 23.8 Å². The first kappa shape index (κ1) is 22.0. The quantitative estimate of drug-likeness (QED) is 0.304. The number of carbonyl (C=O) groups is 1. The van der Waals surface area contributed by atoms with Gasteiger partial charge in [-0.1, -0.05) is 54.2 Å². The van der Waals surface area contributed by atoms with Gasteiger partial charge in [-0.3, -0.25) is 4.79 Å². The number of thiocarbonyl (C=S) groups is 1. The Labute approximate surface area is 194 Å². The Hall–Kier alpha value is -3.17. The Morgan fingerprint density at radius 3 is 3.00 bits per heavy atom.